The van der Waals surface area contributed by atoms with Gasteiger partial charge in [-0.15, -0.1) is 0 Å². The molecule has 3 rings (SSSR count). The van der Waals surface area contributed by atoms with Crippen molar-refractivity contribution in [3.05, 3.63) is 69.6 Å². The largest absolute Gasteiger partial charge is 0.287 e. The minimum absolute atomic E-state index is 0.0238. The highest BCUT2D eigenvalue weighted by molar-refractivity contribution is 8.18. The molecule has 0 spiro atoms. The van der Waals surface area contributed by atoms with E-state index >= 15 is 0 Å². The van der Waals surface area contributed by atoms with Gasteiger partial charge in [-0.3, -0.25) is 9.69 Å². The van der Waals surface area contributed by atoms with E-state index in [-0.39, 0.29) is 5.91 Å². The number of benzene rings is 2. The van der Waals surface area contributed by atoms with Crippen LogP contribution in [0.3, 0.4) is 0 Å². The van der Waals surface area contributed by atoms with E-state index in [0.717, 1.165) is 16.4 Å². The molecule has 128 valence electrons. The molecule has 0 unspecified atom stereocenters. The minimum atomic E-state index is 0.0238. The molecule has 25 heavy (non-hydrogen) atoms. The van der Waals surface area contributed by atoms with Crippen LogP contribution in [-0.2, 0) is 4.79 Å². The number of carbonyl (C=O) groups excluding carboxylic acids is 1. The van der Waals surface area contributed by atoms with Crippen LogP contribution < -0.4 is 0 Å². The molecule has 4 heteroatoms. The number of nitrogens with zero attached hydrogens (tertiary/aromatic N) is 2. The van der Waals surface area contributed by atoms with Gasteiger partial charge in [0.2, 0.25) is 0 Å². The molecule has 1 heterocycles. The quantitative estimate of drug-likeness (QED) is 0.710. The lowest BCUT2D eigenvalue weighted by Gasteiger charge is -2.12. The lowest BCUT2D eigenvalue weighted by molar-refractivity contribution is -0.122. The van der Waals surface area contributed by atoms with E-state index in [9.17, 15) is 4.79 Å². The Hall–Kier alpha value is -2.33. The molecular formula is C21H22N2OS. The second kappa shape index (κ2) is 7.28. The zero-order chi connectivity index (χ0) is 18.0. The van der Waals surface area contributed by atoms with Crippen LogP contribution in [0.1, 0.15) is 29.2 Å². The molecule has 1 fully saturated rings. The molecule has 1 aliphatic heterocycles. The summed E-state index contributed by atoms with van der Waals surface area (Å²) in [6, 6.07) is 14.3. The normalized spacial score (nSPS) is 17.8. The van der Waals surface area contributed by atoms with Crippen molar-refractivity contribution < 1.29 is 4.79 Å². The Balaban J connectivity index is 1.93. The zero-order valence-electron chi connectivity index (χ0n) is 15.0. The Morgan fingerprint density at radius 2 is 1.76 bits per heavy atom. The van der Waals surface area contributed by atoms with Crippen molar-refractivity contribution in [1.29, 1.82) is 0 Å². The number of amidine groups is 1. The Kier molecular flexibility index (Phi) is 5.09. The summed E-state index contributed by atoms with van der Waals surface area (Å²) in [4.78, 5) is 19.9. The molecule has 3 nitrogen and oxygen atoms in total. The van der Waals surface area contributed by atoms with E-state index in [0.29, 0.717) is 11.4 Å². The number of hydrogen-bond donors (Lipinski definition) is 0. The summed E-state index contributed by atoms with van der Waals surface area (Å²) in [5.74, 6) is 0.0238. The van der Waals surface area contributed by atoms with Crippen LogP contribution in [0.5, 0.6) is 0 Å². The van der Waals surface area contributed by atoms with Crippen LogP contribution in [-0.4, -0.2) is 22.5 Å². The fourth-order valence-electron chi connectivity index (χ4n) is 2.59. The summed E-state index contributed by atoms with van der Waals surface area (Å²) >= 11 is 1.44. The summed E-state index contributed by atoms with van der Waals surface area (Å²) in [5.41, 5.74) is 5.57. The third kappa shape index (κ3) is 3.85. The molecule has 1 amide bonds. The van der Waals surface area contributed by atoms with Crippen molar-refractivity contribution in [2.24, 2.45) is 4.99 Å². The highest BCUT2D eigenvalue weighted by Crippen LogP contribution is 2.34. The van der Waals surface area contributed by atoms with Crippen LogP contribution in [0.4, 0.5) is 5.69 Å². The standard InChI is InChI=1S/C21H22N2OS/c1-5-23-20(24)19(13-17-9-6-14(2)7-10-17)25-21(23)22-18-11-8-15(3)16(4)12-18/h6-13H,5H2,1-4H3/b19-13-,22-21?. The average Bonchev–Trinajstić information content (AvgIpc) is 2.88. The van der Waals surface area contributed by atoms with Gasteiger partial charge in [0.15, 0.2) is 5.17 Å². The molecule has 0 aromatic heterocycles. The second-order valence-corrected chi connectivity index (χ2v) is 7.24. The average molecular weight is 350 g/mol. The maximum Gasteiger partial charge on any atom is 0.266 e. The van der Waals surface area contributed by atoms with Gasteiger partial charge in [0.1, 0.15) is 0 Å². The Morgan fingerprint density at radius 1 is 1.04 bits per heavy atom. The number of aliphatic imine (C=N–C) groups is 1. The predicted octanol–water partition coefficient (Wildman–Crippen LogP) is 5.24. The number of thioether (sulfide) groups is 1. The number of rotatable bonds is 3. The summed E-state index contributed by atoms with van der Waals surface area (Å²) in [6.45, 7) is 8.80. The third-order valence-electron chi connectivity index (χ3n) is 4.29. The first-order chi connectivity index (χ1) is 12.0. The molecule has 2 aromatic rings. The lowest BCUT2D eigenvalue weighted by Crippen LogP contribution is -2.28. The van der Waals surface area contributed by atoms with Gasteiger partial charge in [-0.25, -0.2) is 4.99 Å². The monoisotopic (exact) mass is 350 g/mol. The topological polar surface area (TPSA) is 32.7 Å². The van der Waals surface area contributed by atoms with Gasteiger partial charge in [-0.05, 0) is 74.4 Å². The molecule has 0 bridgehead atoms. The lowest BCUT2D eigenvalue weighted by atomic mass is 10.1. The van der Waals surface area contributed by atoms with Gasteiger partial charge in [-0.2, -0.15) is 0 Å². The minimum Gasteiger partial charge on any atom is -0.287 e. The van der Waals surface area contributed by atoms with Crippen molar-refractivity contribution in [2.45, 2.75) is 27.7 Å². The molecule has 2 aromatic carbocycles. The van der Waals surface area contributed by atoms with Gasteiger partial charge >= 0.3 is 0 Å². The van der Waals surface area contributed by atoms with Crippen molar-refractivity contribution >= 4 is 34.6 Å². The SMILES string of the molecule is CCN1C(=O)/C(=C/c2ccc(C)cc2)SC1=Nc1ccc(C)c(C)c1. The molecule has 0 aliphatic carbocycles. The van der Waals surface area contributed by atoms with E-state index in [4.69, 9.17) is 4.99 Å². The highest BCUT2D eigenvalue weighted by atomic mass is 32.2. The predicted molar refractivity (Wildman–Crippen MR) is 107 cm³/mol. The number of carbonyl (C=O) groups is 1. The number of likely N-dealkylation sites (N-methyl/N-ethyl adjacent to an activating group) is 1. The van der Waals surface area contributed by atoms with Gasteiger partial charge in [0.25, 0.3) is 5.91 Å². The molecule has 1 saturated heterocycles. The molecule has 1 aliphatic rings. The number of amides is 1. The van der Waals surface area contributed by atoms with Crippen molar-refractivity contribution in [3.8, 4) is 0 Å². The smallest absolute Gasteiger partial charge is 0.266 e. The van der Waals surface area contributed by atoms with Crippen LogP contribution >= 0.6 is 11.8 Å². The summed E-state index contributed by atoms with van der Waals surface area (Å²) in [5, 5.41) is 0.745. The summed E-state index contributed by atoms with van der Waals surface area (Å²) in [7, 11) is 0. The fraction of sp³-hybridized carbons (Fsp3) is 0.238. The van der Waals surface area contributed by atoms with Gasteiger partial charge in [0, 0.05) is 6.54 Å². The first-order valence-electron chi connectivity index (χ1n) is 8.42. The van der Waals surface area contributed by atoms with Gasteiger partial charge < -0.3 is 0 Å². The fourth-order valence-corrected chi connectivity index (χ4v) is 3.65. The molecule has 0 N–H and O–H groups in total. The van der Waals surface area contributed by atoms with Gasteiger partial charge in [0.05, 0.1) is 10.6 Å². The maximum atomic E-state index is 12.7. The Morgan fingerprint density at radius 3 is 2.40 bits per heavy atom. The highest BCUT2D eigenvalue weighted by Gasteiger charge is 2.32. The first kappa shape index (κ1) is 17.5. The maximum absolute atomic E-state index is 12.7. The molecule has 0 saturated carbocycles. The van der Waals surface area contributed by atoms with E-state index in [1.54, 1.807) is 4.90 Å². The number of hydrogen-bond acceptors (Lipinski definition) is 3. The number of aryl methyl sites for hydroxylation is 3. The van der Waals surface area contributed by atoms with Crippen LogP contribution in [0.25, 0.3) is 6.08 Å². The van der Waals surface area contributed by atoms with Crippen LogP contribution in [0.2, 0.25) is 0 Å². The molecule has 0 radical (unpaired) electrons. The molecule has 0 atom stereocenters. The Bertz CT molecular complexity index is 866. The van der Waals surface area contributed by atoms with Gasteiger partial charge in [-0.1, -0.05) is 35.9 Å². The first-order valence-corrected chi connectivity index (χ1v) is 9.23. The van der Waals surface area contributed by atoms with Crippen molar-refractivity contribution in [3.63, 3.8) is 0 Å². The van der Waals surface area contributed by atoms with E-state index in [1.165, 1.54) is 28.5 Å². The van der Waals surface area contributed by atoms with Crippen molar-refractivity contribution in [2.75, 3.05) is 6.54 Å². The van der Waals surface area contributed by atoms with Crippen molar-refractivity contribution in [1.82, 2.24) is 4.90 Å². The van der Waals surface area contributed by atoms with E-state index in [2.05, 4.69) is 45.0 Å². The molecular weight excluding hydrogens is 328 g/mol. The van der Waals surface area contributed by atoms with Crippen LogP contribution in [0, 0.1) is 20.8 Å². The zero-order valence-corrected chi connectivity index (χ0v) is 15.9. The van der Waals surface area contributed by atoms with Crippen LogP contribution in [0.15, 0.2) is 52.4 Å². The summed E-state index contributed by atoms with van der Waals surface area (Å²) < 4.78 is 0. The Labute approximate surface area is 153 Å². The van der Waals surface area contributed by atoms with E-state index in [1.807, 2.05) is 31.2 Å². The summed E-state index contributed by atoms with van der Waals surface area (Å²) in [6.07, 6.45) is 1.94. The third-order valence-corrected chi connectivity index (χ3v) is 5.30. The van der Waals surface area contributed by atoms with E-state index < -0.39 is 0 Å². The second-order valence-electron chi connectivity index (χ2n) is 6.23.